The highest BCUT2D eigenvalue weighted by Crippen LogP contribution is 2.29. The Labute approximate surface area is 124 Å². The number of hydrogen-bond donors (Lipinski definition) is 2. The number of rotatable bonds is 4. The number of carboxylic acids is 1. The van der Waals surface area contributed by atoms with Crippen molar-refractivity contribution in [2.75, 3.05) is 13.1 Å². The second kappa shape index (κ2) is 5.85. The van der Waals surface area contributed by atoms with E-state index in [0.717, 1.165) is 49.2 Å². The number of aromatic amines is 1. The minimum absolute atomic E-state index is 0.186. The molecular weight excluding hydrogens is 266 g/mol. The molecule has 2 aromatic rings. The summed E-state index contributed by atoms with van der Waals surface area (Å²) in [4.78, 5) is 21.5. The molecule has 5 heteroatoms. The van der Waals surface area contributed by atoms with Crippen molar-refractivity contribution in [2.45, 2.75) is 32.2 Å². The Balaban J connectivity index is 1.77. The number of aromatic nitrogens is 2. The molecule has 0 aliphatic carbocycles. The number of hydrogen-bond acceptors (Lipinski definition) is 3. The first kappa shape index (κ1) is 14.1. The summed E-state index contributed by atoms with van der Waals surface area (Å²) in [5.41, 5.74) is 2.05. The molecule has 2 N–H and O–H groups in total. The van der Waals surface area contributed by atoms with Crippen LogP contribution in [0.5, 0.6) is 0 Å². The number of para-hydroxylation sites is 2. The predicted octanol–water partition coefficient (Wildman–Crippen LogP) is 2.81. The monoisotopic (exact) mass is 287 g/mol. The Morgan fingerprint density at radius 1 is 1.43 bits per heavy atom. The topological polar surface area (TPSA) is 69.2 Å². The molecule has 2 heterocycles. The first-order chi connectivity index (χ1) is 10.2. The number of nitrogens with zero attached hydrogens (tertiary/aromatic N) is 2. The van der Waals surface area contributed by atoms with E-state index < -0.39 is 5.97 Å². The van der Waals surface area contributed by atoms with Gasteiger partial charge in [-0.2, -0.15) is 0 Å². The number of likely N-dealkylation sites (tertiary alicyclic amines) is 1. The Morgan fingerprint density at radius 2 is 2.14 bits per heavy atom. The van der Waals surface area contributed by atoms with Gasteiger partial charge in [0.2, 0.25) is 0 Å². The SMILES string of the molecule is CCC(c1nc2ccccc2[nH]1)N1CCC(C(=O)O)CC1. The number of carbonyl (C=O) groups is 1. The third kappa shape index (κ3) is 2.78. The Bertz CT molecular complexity index is 596. The van der Waals surface area contributed by atoms with Gasteiger partial charge < -0.3 is 10.1 Å². The van der Waals surface area contributed by atoms with E-state index in [1.165, 1.54) is 0 Å². The average Bonchev–Trinajstić information content (AvgIpc) is 2.92. The van der Waals surface area contributed by atoms with Crippen LogP contribution in [-0.2, 0) is 4.79 Å². The number of H-pyrrole nitrogens is 1. The van der Waals surface area contributed by atoms with Gasteiger partial charge in [0.25, 0.3) is 0 Å². The van der Waals surface area contributed by atoms with Gasteiger partial charge in [-0.15, -0.1) is 0 Å². The normalized spacial score (nSPS) is 18.9. The fourth-order valence-electron chi connectivity index (χ4n) is 3.21. The van der Waals surface area contributed by atoms with Gasteiger partial charge in [-0.1, -0.05) is 19.1 Å². The lowest BCUT2D eigenvalue weighted by Gasteiger charge is -2.35. The first-order valence-corrected chi connectivity index (χ1v) is 7.60. The number of piperidine rings is 1. The standard InChI is InChI=1S/C16H21N3O2/c1-2-14(19-9-7-11(8-10-19)16(20)21)15-17-12-5-3-4-6-13(12)18-15/h3-6,11,14H,2,7-10H2,1H3,(H,17,18)(H,20,21). The molecule has 1 saturated heterocycles. The van der Waals surface area contributed by atoms with Crippen LogP contribution in [0.2, 0.25) is 0 Å². The molecule has 0 amide bonds. The highest BCUT2D eigenvalue weighted by molar-refractivity contribution is 5.74. The Morgan fingerprint density at radius 3 is 2.76 bits per heavy atom. The summed E-state index contributed by atoms with van der Waals surface area (Å²) in [6, 6.07) is 8.29. The van der Waals surface area contributed by atoms with E-state index in [1.807, 2.05) is 24.3 Å². The number of benzene rings is 1. The van der Waals surface area contributed by atoms with Gasteiger partial charge in [-0.3, -0.25) is 9.69 Å². The summed E-state index contributed by atoms with van der Waals surface area (Å²) < 4.78 is 0. The van der Waals surface area contributed by atoms with Crippen LogP contribution < -0.4 is 0 Å². The van der Waals surface area contributed by atoms with Crippen molar-refractivity contribution in [1.29, 1.82) is 0 Å². The molecule has 5 nitrogen and oxygen atoms in total. The largest absolute Gasteiger partial charge is 0.481 e. The maximum Gasteiger partial charge on any atom is 0.306 e. The maximum atomic E-state index is 11.1. The zero-order chi connectivity index (χ0) is 14.8. The number of aliphatic carboxylic acids is 1. The molecule has 3 rings (SSSR count). The van der Waals surface area contributed by atoms with Crippen LogP contribution in [0.25, 0.3) is 11.0 Å². The molecule has 1 aromatic heterocycles. The fraction of sp³-hybridized carbons (Fsp3) is 0.500. The highest BCUT2D eigenvalue weighted by atomic mass is 16.4. The number of fused-ring (bicyclic) bond motifs is 1. The number of carboxylic acid groups (broad SMARTS) is 1. The molecular formula is C16H21N3O2. The first-order valence-electron chi connectivity index (χ1n) is 7.60. The molecule has 112 valence electrons. The van der Waals surface area contributed by atoms with Gasteiger partial charge >= 0.3 is 5.97 Å². The van der Waals surface area contributed by atoms with Gasteiger partial charge in [-0.25, -0.2) is 4.98 Å². The van der Waals surface area contributed by atoms with E-state index in [0.29, 0.717) is 0 Å². The van der Waals surface area contributed by atoms with E-state index in [4.69, 9.17) is 10.1 Å². The summed E-state index contributed by atoms with van der Waals surface area (Å²) >= 11 is 0. The van der Waals surface area contributed by atoms with Crippen LogP contribution >= 0.6 is 0 Å². The Hall–Kier alpha value is -1.88. The third-order valence-corrected chi connectivity index (χ3v) is 4.43. The van der Waals surface area contributed by atoms with Crippen LogP contribution in [0, 0.1) is 5.92 Å². The average molecular weight is 287 g/mol. The molecule has 0 spiro atoms. The van der Waals surface area contributed by atoms with Crippen molar-refractivity contribution in [3.8, 4) is 0 Å². The van der Waals surface area contributed by atoms with Crippen molar-refractivity contribution < 1.29 is 9.90 Å². The van der Waals surface area contributed by atoms with E-state index >= 15 is 0 Å². The Kier molecular flexibility index (Phi) is 3.92. The summed E-state index contributed by atoms with van der Waals surface area (Å²) in [6.07, 6.45) is 2.43. The van der Waals surface area contributed by atoms with Crippen LogP contribution in [-0.4, -0.2) is 39.0 Å². The van der Waals surface area contributed by atoms with E-state index in [9.17, 15) is 4.79 Å². The van der Waals surface area contributed by atoms with Crippen molar-refractivity contribution in [2.24, 2.45) is 5.92 Å². The minimum atomic E-state index is -0.661. The quantitative estimate of drug-likeness (QED) is 0.907. The van der Waals surface area contributed by atoms with Crippen molar-refractivity contribution in [3.05, 3.63) is 30.1 Å². The predicted molar refractivity (Wildman–Crippen MR) is 81.1 cm³/mol. The van der Waals surface area contributed by atoms with Crippen molar-refractivity contribution in [1.82, 2.24) is 14.9 Å². The van der Waals surface area contributed by atoms with Crippen LogP contribution in [0.15, 0.2) is 24.3 Å². The van der Waals surface area contributed by atoms with Crippen LogP contribution in [0.3, 0.4) is 0 Å². The molecule has 1 fully saturated rings. The minimum Gasteiger partial charge on any atom is -0.481 e. The molecule has 0 radical (unpaired) electrons. The van der Waals surface area contributed by atoms with Gasteiger partial charge in [0.05, 0.1) is 23.0 Å². The van der Waals surface area contributed by atoms with Gasteiger partial charge in [0, 0.05) is 0 Å². The second-order valence-electron chi connectivity index (χ2n) is 5.71. The lowest BCUT2D eigenvalue weighted by Crippen LogP contribution is -2.39. The lowest BCUT2D eigenvalue weighted by molar-refractivity contribution is -0.143. The molecule has 21 heavy (non-hydrogen) atoms. The van der Waals surface area contributed by atoms with E-state index in [1.54, 1.807) is 0 Å². The molecule has 0 saturated carbocycles. The number of imidazole rings is 1. The third-order valence-electron chi connectivity index (χ3n) is 4.43. The van der Waals surface area contributed by atoms with Crippen molar-refractivity contribution >= 4 is 17.0 Å². The lowest BCUT2D eigenvalue weighted by atomic mass is 9.95. The zero-order valence-electron chi connectivity index (χ0n) is 12.2. The second-order valence-corrected chi connectivity index (χ2v) is 5.71. The van der Waals surface area contributed by atoms with Crippen LogP contribution in [0.1, 0.15) is 38.1 Å². The summed E-state index contributed by atoms with van der Waals surface area (Å²) in [5.74, 6) is 0.147. The van der Waals surface area contributed by atoms with Gasteiger partial charge in [0.1, 0.15) is 5.82 Å². The molecule has 1 aliphatic rings. The summed E-state index contributed by atoms with van der Waals surface area (Å²) in [5, 5.41) is 9.10. The zero-order valence-corrected chi connectivity index (χ0v) is 12.2. The number of nitrogens with one attached hydrogen (secondary N) is 1. The molecule has 1 aliphatic heterocycles. The molecule has 1 unspecified atom stereocenters. The van der Waals surface area contributed by atoms with E-state index in [-0.39, 0.29) is 12.0 Å². The maximum absolute atomic E-state index is 11.1. The van der Waals surface area contributed by atoms with Crippen molar-refractivity contribution in [3.63, 3.8) is 0 Å². The van der Waals surface area contributed by atoms with Gasteiger partial charge in [-0.05, 0) is 44.5 Å². The fourth-order valence-corrected chi connectivity index (χ4v) is 3.21. The van der Waals surface area contributed by atoms with E-state index in [2.05, 4.69) is 16.8 Å². The molecule has 1 atom stereocenters. The molecule has 0 bridgehead atoms. The summed E-state index contributed by atoms with van der Waals surface area (Å²) in [7, 11) is 0. The highest BCUT2D eigenvalue weighted by Gasteiger charge is 2.29. The summed E-state index contributed by atoms with van der Waals surface area (Å²) in [6.45, 7) is 3.81. The van der Waals surface area contributed by atoms with Gasteiger partial charge in [0.15, 0.2) is 0 Å². The molecule has 1 aromatic carbocycles. The smallest absolute Gasteiger partial charge is 0.306 e. The van der Waals surface area contributed by atoms with Crippen LogP contribution in [0.4, 0.5) is 0 Å².